The second-order valence-corrected chi connectivity index (χ2v) is 5.80. The molecule has 134 valence electrons. The highest BCUT2D eigenvalue weighted by Crippen LogP contribution is 2.15. The van der Waals surface area contributed by atoms with Crippen LogP contribution in [-0.2, 0) is 17.8 Å². The van der Waals surface area contributed by atoms with Crippen molar-refractivity contribution in [3.05, 3.63) is 81.9 Å². The van der Waals surface area contributed by atoms with Crippen LogP contribution in [0.5, 0.6) is 0 Å². The molecular weight excluding hydrogens is 332 g/mol. The van der Waals surface area contributed by atoms with Gasteiger partial charge < -0.3 is 15.0 Å². The summed E-state index contributed by atoms with van der Waals surface area (Å²) in [5.74, 6) is -0.191. The first-order valence-electron chi connectivity index (χ1n) is 8.30. The largest absolute Gasteiger partial charge is 0.462 e. The smallest absolute Gasteiger partial charge is 0.343 e. The van der Waals surface area contributed by atoms with Gasteiger partial charge in [0.05, 0.1) is 25.9 Å². The van der Waals surface area contributed by atoms with Crippen LogP contribution in [0.3, 0.4) is 0 Å². The molecule has 0 radical (unpaired) electrons. The van der Waals surface area contributed by atoms with Crippen LogP contribution >= 0.6 is 0 Å². The predicted octanol–water partition coefficient (Wildman–Crippen LogP) is 1.90. The summed E-state index contributed by atoms with van der Waals surface area (Å²) in [5, 5.41) is 4.16. The van der Waals surface area contributed by atoms with Crippen LogP contribution in [0.1, 0.15) is 28.4 Å². The zero-order valence-electron chi connectivity index (χ0n) is 14.5. The summed E-state index contributed by atoms with van der Waals surface area (Å²) in [6.07, 6.45) is 3.18. The molecule has 2 heterocycles. The van der Waals surface area contributed by atoms with Crippen molar-refractivity contribution in [2.24, 2.45) is 0 Å². The van der Waals surface area contributed by atoms with Gasteiger partial charge in [-0.15, -0.1) is 0 Å². The Hall–Kier alpha value is -3.35. The maximum Gasteiger partial charge on any atom is 0.343 e. The molecule has 0 spiro atoms. The van der Waals surface area contributed by atoms with Gasteiger partial charge in [0.2, 0.25) is 0 Å². The van der Waals surface area contributed by atoms with E-state index < -0.39 is 5.97 Å². The molecule has 0 atom stereocenters. The molecule has 2 N–H and O–H groups in total. The first-order chi connectivity index (χ1) is 12.6. The van der Waals surface area contributed by atoms with Gasteiger partial charge in [-0.3, -0.25) is 4.79 Å². The van der Waals surface area contributed by atoms with Crippen molar-refractivity contribution in [3.8, 4) is 0 Å². The Morgan fingerprint density at radius 1 is 1.12 bits per heavy atom. The van der Waals surface area contributed by atoms with Crippen molar-refractivity contribution in [2.45, 2.75) is 20.0 Å². The highest BCUT2D eigenvalue weighted by atomic mass is 16.5. The van der Waals surface area contributed by atoms with Crippen molar-refractivity contribution < 1.29 is 9.53 Å². The van der Waals surface area contributed by atoms with Crippen LogP contribution in [0, 0.1) is 0 Å². The van der Waals surface area contributed by atoms with Crippen molar-refractivity contribution in [3.63, 3.8) is 0 Å². The van der Waals surface area contributed by atoms with Gasteiger partial charge in [-0.1, -0.05) is 30.3 Å². The lowest BCUT2D eigenvalue weighted by molar-refractivity contribution is 0.0527. The third-order valence-electron chi connectivity index (χ3n) is 3.98. The molecular formula is C19H20N4O3. The zero-order valence-corrected chi connectivity index (χ0v) is 14.5. The molecule has 0 amide bonds. The van der Waals surface area contributed by atoms with E-state index in [-0.39, 0.29) is 23.5 Å². The molecule has 0 aliphatic heterocycles. The van der Waals surface area contributed by atoms with Gasteiger partial charge in [-0.05, 0) is 24.1 Å². The molecule has 2 aromatic heterocycles. The van der Waals surface area contributed by atoms with E-state index in [2.05, 4.69) is 5.10 Å². The van der Waals surface area contributed by atoms with Gasteiger partial charge in [0.1, 0.15) is 11.4 Å². The minimum atomic E-state index is -0.472. The van der Waals surface area contributed by atoms with Crippen LogP contribution in [0.15, 0.2) is 59.7 Å². The number of nitrogens with two attached hydrogens (primary N) is 1. The predicted molar refractivity (Wildman–Crippen MR) is 97.9 cm³/mol. The third-order valence-corrected chi connectivity index (χ3v) is 3.98. The van der Waals surface area contributed by atoms with E-state index in [1.807, 2.05) is 30.3 Å². The number of benzene rings is 1. The lowest BCUT2D eigenvalue weighted by Gasteiger charge is -2.08. The summed E-state index contributed by atoms with van der Waals surface area (Å²) in [6.45, 7) is 2.98. The molecule has 0 aliphatic rings. The van der Waals surface area contributed by atoms with Gasteiger partial charge in [0.25, 0.3) is 5.56 Å². The number of ether oxygens (including phenoxy) is 1. The first-order valence-corrected chi connectivity index (χ1v) is 8.30. The summed E-state index contributed by atoms with van der Waals surface area (Å²) in [6, 6.07) is 12.9. The summed E-state index contributed by atoms with van der Waals surface area (Å²) < 4.78 is 8.16. The lowest BCUT2D eigenvalue weighted by Crippen LogP contribution is -2.18. The highest BCUT2D eigenvalue weighted by molar-refractivity contribution is 5.93. The highest BCUT2D eigenvalue weighted by Gasteiger charge is 2.16. The monoisotopic (exact) mass is 352 g/mol. The van der Waals surface area contributed by atoms with E-state index >= 15 is 0 Å². The number of hydrogen-bond donors (Lipinski definition) is 1. The molecule has 7 nitrogen and oxygen atoms in total. The molecule has 0 saturated heterocycles. The van der Waals surface area contributed by atoms with Gasteiger partial charge in [-0.2, -0.15) is 5.10 Å². The fraction of sp³-hybridized carbons (Fsp3) is 0.211. The Morgan fingerprint density at radius 2 is 1.81 bits per heavy atom. The molecule has 3 aromatic rings. The molecule has 7 heteroatoms. The summed E-state index contributed by atoms with van der Waals surface area (Å²) in [7, 11) is 0. The first kappa shape index (κ1) is 17.5. The van der Waals surface area contributed by atoms with E-state index in [0.29, 0.717) is 13.1 Å². The molecule has 0 unspecified atom stereocenters. The van der Waals surface area contributed by atoms with Crippen molar-refractivity contribution in [1.82, 2.24) is 14.3 Å². The zero-order chi connectivity index (χ0) is 18.5. The Kier molecular flexibility index (Phi) is 5.17. The Balaban J connectivity index is 1.71. The van der Waals surface area contributed by atoms with Crippen LogP contribution in [0.25, 0.3) is 0 Å². The molecule has 26 heavy (non-hydrogen) atoms. The normalized spacial score (nSPS) is 10.7. The topological polar surface area (TPSA) is 92.1 Å². The Labute approximate surface area is 150 Å². The average Bonchev–Trinajstić information content (AvgIpc) is 2.99. The van der Waals surface area contributed by atoms with E-state index in [1.165, 1.54) is 12.3 Å². The van der Waals surface area contributed by atoms with Gasteiger partial charge in [0.15, 0.2) is 0 Å². The molecule has 1 aromatic carbocycles. The molecule has 0 bridgehead atoms. The van der Waals surface area contributed by atoms with Crippen molar-refractivity contribution >= 4 is 11.8 Å². The van der Waals surface area contributed by atoms with Gasteiger partial charge >= 0.3 is 5.97 Å². The summed E-state index contributed by atoms with van der Waals surface area (Å²) in [4.78, 5) is 23.6. The van der Waals surface area contributed by atoms with E-state index in [0.717, 1.165) is 11.1 Å². The van der Waals surface area contributed by atoms with E-state index in [9.17, 15) is 9.59 Å². The number of carbonyl (C=O) groups is 1. The fourth-order valence-corrected chi connectivity index (χ4v) is 2.60. The van der Waals surface area contributed by atoms with Crippen molar-refractivity contribution in [1.29, 1.82) is 0 Å². The second kappa shape index (κ2) is 7.69. The number of esters is 1. The second-order valence-electron chi connectivity index (χ2n) is 5.80. The number of anilines is 1. The number of pyridine rings is 1. The minimum absolute atomic E-state index is 0.0348. The Bertz CT molecular complexity index is 957. The molecule has 0 saturated carbocycles. The van der Waals surface area contributed by atoms with E-state index in [1.54, 1.807) is 28.4 Å². The van der Waals surface area contributed by atoms with Gasteiger partial charge in [0, 0.05) is 12.3 Å². The third kappa shape index (κ3) is 3.83. The number of aromatic nitrogens is 3. The van der Waals surface area contributed by atoms with Crippen LogP contribution < -0.4 is 11.3 Å². The minimum Gasteiger partial charge on any atom is -0.462 e. The number of carbonyl (C=O) groups excluding carboxylic acids is 1. The molecule has 0 aliphatic carbocycles. The SMILES string of the molecule is CCOC(=O)c1cnn(Cc2ccc(Cn3ccccc3=O)cc2)c1N. The number of nitrogen functional groups attached to an aromatic ring is 1. The maximum atomic E-state index is 11.8. The van der Waals surface area contributed by atoms with Crippen LogP contribution in [-0.4, -0.2) is 26.9 Å². The standard InChI is InChI=1S/C19H20N4O3/c1-2-26-19(25)16-11-21-23(18(16)20)13-15-8-6-14(7-9-15)12-22-10-4-3-5-17(22)24/h3-11H,2,12-13,20H2,1H3. The lowest BCUT2D eigenvalue weighted by atomic mass is 10.1. The van der Waals surface area contributed by atoms with Crippen LogP contribution in [0.2, 0.25) is 0 Å². The molecule has 3 rings (SSSR count). The van der Waals surface area contributed by atoms with Gasteiger partial charge in [-0.25, -0.2) is 9.48 Å². The van der Waals surface area contributed by atoms with Crippen LogP contribution in [0.4, 0.5) is 5.82 Å². The van der Waals surface area contributed by atoms with E-state index in [4.69, 9.17) is 10.5 Å². The quantitative estimate of drug-likeness (QED) is 0.684. The average molecular weight is 352 g/mol. The molecule has 0 fully saturated rings. The fourth-order valence-electron chi connectivity index (χ4n) is 2.60. The Morgan fingerprint density at radius 3 is 2.46 bits per heavy atom. The summed E-state index contributed by atoms with van der Waals surface area (Å²) >= 11 is 0. The maximum absolute atomic E-state index is 11.8. The number of nitrogens with zero attached hydrogens (tertiary/aromatic N) is 3. The van der Waals surface area contributed by atoms with Crippen molar-refractivity contribution in [2.75, 3.05) is 12.3 Å². The summed E-state index contributed by atoms with van der Waals surface area (Å²) in [5.41, 5.74) is 8.23. The number of rotatable bonds is 6. The number of hydrogen-bond acceptors (Lipinski definition) is 5.